The van der Waals surface area contributed by atoms with Gasteiger partial charge in [0.25, 0.3) is 0 Å². The molecule has 3 nitrogen and oxygen atoms in total. The first kappa shape index (κ1) is 15.2. The third-order valence-electron chi connectivity index (χ3n) is 4.34. The number of para-hydroxylation sites is 1. The maximum Gasteiger partial charge on any atom is 0.0927 e. The quantitative estimate of drug-likeness (QED) is 0.537. The molecule has 122 valence electrons. The number of aromatic nitrogens is 2. The van der Waals surface area contributed by atoms with E-state index in [1.165, 1.54) is 5.56 Å². The second-order valence-corrected chi connectivity index (χ2v) is 5.98. The Bertz CT molecular complexity index is 1000. The number of nitrogens with zero attached hydrogens (tertiary/aromatic N) is 2. The smallest absolute Gasteiger partial charge is 0.0927 e. The minimum Gasteiger partial charge on any atom is -0.345 e. The Kier molecular flexibility index (Phi) is 4.05. The van der Waals surface area contributed by atoms with Crippen LogP contribution < -0.4 is 4.90 Å². The molecule has 0 spiro atoms. The van der Waals surface area contributed by atoms with Gasteiger partial charge in [-0.05, 0) is 42.0 Å². The molecule has 0 saturated heterocycles. The SMILES string of the molecule is CN(c1ccccc1)c1ccc2c(/C=C/c3ccccc3)n[nH]c2c1. The fraction of sp³-hybridized carbons (Fsp3) is 0.0455. The highest BCUT2D eigenvalue weighted by Gasteiger charge is 2.07. The average Bonchev–Trinajstić information content (AvgIpc) is 3.09. The van der Waals surface area contributed by atoms with Crippen molar-refractivity contribution in [3.8, 4) is 0 Å². The van der Waals surface area contributed by atoms with Gasteiger partial charge in [0, 0.05) is 23.8 Å². The summed E-state index contributed by atoms with van der Waals surface area (Å²) in [7, 11) is 2.07. The summed E-state index contributed by atoms with van der Waals surface area (Å²) in [6, 6.07) is 27.0. The molecule has 0 amide bonds. The number of benzene rings is 3. The average molecular weight is 325 g/mol. The Morgan fingerprint density at radius 3 is 2.28 bits per heavy atom. The summed E-state index contributed by atoms with van der Waals surface area (Å²) < 4.78 is 0. The van der Waals surface area contributed by atoms with Crippen LogP contribution in [0.3, 0.4) is 0 Å². The van der Waals surface area contributed by atoms with Gasteiger partial charge >= 0.3 is 0 Å². The van der Waals surface area contributed by atoms with E-state index in [2.05, 4.69) is 76.8 Å². The first-order chi connectivity index (χ1) is 12.3. The normalized spacial score (nSPS) is 11.2. The molecule has 0 bridgehead atoms. The van der Waals surface area contributed by atoms with Crippen molar-refractivity contribution < 1.29 is 0 Å². The van der Waals surface area contributed by atoms with Crippen molar-refractivity contribution in [3.63, 3.8) is 0 Å². The summed E-state index contributed by atoms with van der Waals surface area (Å²) in [4.78, 5) is 2.17. The number of hydrogen-bond donors (Lipinski definition) is 1. The van der Waals surface area contributed by atoms with Crippen molar-refractivity contribution in [3.05, 3.63) is 90.1 Å². The minimum atomic E-state index is 0.952. The molecule has 4 aromatic rings. The van der Waals surface area contributed by atoms with E-state index >= 15 is 0 Å². The standard InChI is InChI=1S/C22H19N3/c1-25(18-10-6-3-7-11-18)19-13-14-20-21(23-24-22(20)16-19)15-12-17-8-4-2-5-9-17/h2-16H,1H3,(H,23,24)/b15-12+. The lowest BCUT2D eigenvalue weighted by Crippen LogP contribution is -2.08. The summed E-state index contributed by atoms with van der Waals surface area (Å²) in [5, 5.41) is 8.72. The number of nitrogens with one attached hydrogen (secondary N) is 1. The molecule has 0 saturated carbocycles. The van der Waals surface area contributed by atoms with Crippen molar-refractivity contribution in [2.24, 2.45) is 0 Å². The molecule has 0 aliphatic heterocycles. The van der Waals surface area contributed by atoms with Crippen LogP contribution in [-0.2, 0) is 0 Å². The molecule has 25 heavy (non-hydrogen) atoms. The summed E-state index contributed by atoms with van der Waals surface area (Å²) in [5.74, 6) is 0. The van der Waals surface area contributed by atoms with E-state index in [1.807, 2.05) is 36.4 Å². The van der Waals surface area contributed by atoms with Crippen molar-refractivity contribution >= 4 is 34.4 Å². The van der Waals surface area contributed by atoms with Crippen LogP contribution in [0.4, 0.5) is 11.4 Å². The van der Waals surface area contributed by atoms with Gasteiger partial charge in [0.2, 0.25) is 0 Å². The zero-order chi connectivity index (χ0) is 17.1. The van der Waals surface area contributed by atoms with Crippen molar-refractivity contribution in [2.45, 2.75) is 0 Å². The largest absolute Gasteiger partial charge is 0.345 e. The van der Waals surface area contributed by atoms with Gasteiger partial charge in [-0.15, -0.1) is 0 Å². The number of H-pyrrole nitrogens is 1. The van der Waals surface area contributed by atoms with Gasteiger partial charge in [-0.25, -0.2) is 0 Å². The molecule has 1 heterocycles. The molecule has 0 radical (unpaired) electrons. The van der Waals surface area contributed by atoms with Crippen LogP contribution >= 0.6 is 0 Å². The molecule has 1 aromatic heterocycles. The molecule has 0 unspecified atom stereocenters. The lowest BCUT2D eigenvalue weighted by molar-refractivity contribution is 1.10. The van der Waals surface area contributed by atoms with Gasteiger partial charge in [-0.3, -0.25) is 5.10 Å². The van der Waals surface area contributed by atoms with E-state index in [0.29, 0.717) is 0 Å². The number of aromatic amines is 1. The maximum atomic E-state index is 4.45. The summed E-state index contributed by atoms with van der Waals surface area (Å²) >= 11 is 0. The second-order valence-electron chi connectivity index (χ2n) is 5.98. The number of hydrogen-bond acceptors (Lipinski definition) is 2. The van der Waals surface area contributed by atoms with Gasteiger partial charge in [-0.2, -0.15) is 5.10 Å². The third-order valence-corrected chi connectivity index (χ3v) is 4.34. The summed E-state index contributed by atoms with van der Waals surface area (Å²) in [5.41, 5.74) is 5.44. The van der Waals surface area contributed by atoms with Crippen LogP contribution in [0.2, 0.25) is 0 Å². The zero-order valence-electron chi connectivity index (χ0n) is 14.1. The lowest BCUT2D eigenvalue weighted by Gasteiger charge is -2.19. The Labute approximate surface area is 147 Å². The molecule has 4 rings (SSSR count). The van der Waals surface area contributed by atoms with E-state index in [-0.39, 0.29) is 0 Å². The van der Waals surface area contributed by atoms with E-state index in [1.54, 1.807) is 0 Å². The molecule has 3 aromatic carbocycles. The highest BCUT2D eigenvalue weighted by molar-refractivity contribution is 5.91. The molecule has 3 heteroatoms. The number of rotatable bonds is 4. The van der Waals surface area contributed by atoms with Crippen LogP contribution in [0.15, 0.2) is 78.9 Å². The fourth-order valence-corrected chi connectivity index (χ4v) is 2.90. The molecule has 0 aliphatic carbocycles. The van der Waals surface area contributed by atoms with Crippen LogP contribution in [0.25, 0.3) is 23.1 Å². The monoisotopic (exact) mass is 325 g/mol. The maximum absolute atomic E-state index is 4.45. The van der Waals surface area contributed by atoms with Gasteiger partial charge in [0.1, 0.15) is 0 Å². The van der Waals surface area contributed by atoms with Crippen molar-refractivity contribution in [2.75, 3.05) is 11.9 Å². The van der Waals surface area contributed by atoms with Crippen LogP contribution in [0.5, 0.6) is 0 Å². The molecule has 0 fully saturated rings. The topological polar surface area (TPSA) is 31.9 Å². The van der Waals surface area contributed by atoms with Crippen LogP contribution in [0, 0.1) is 0 Å². The Morgan fingerprint density at radius 2 is 1.52 bits per heavy atom. The highest BCUT2D eigenvalue weighted by Crippen LogP contribution is 2.27. The minimum absolute atomic E-state index is 0.952. The molecular weight excluding hydrogens is 306 g/mol. The van der Waals surface area contributed by atoms with E-state index in [0.717, 1.165) is 28.0 Å². The van der Waals surface area contributed by atoms with Gasteiger partial charge in [0.15, 0.2) is 0 Å². The van der Waals surface area contributed by atoms with Crippen molar-refractivity contribution in [1.29, 1.82) is 0 Å². The van der Waals surface area contributed by atoms with Crippen LogP contribution in [-0.4, -0.2) is 17.2 Å². The Morgan fingerprint density at radius 1 is 0.800 bits per heavy atom. The first-order valence-corrected chi connectivity index (χ1v) is 8.31. The zero-order valence-corrected chi connectivity index (χ0v) is 14.1. The predicted octanol–water partition coefficient (Wildman–Crippen LogP) is 5.50. The molecule has 1 N–H and O–H groups in total. The molecule has 0 atom stereocenters. The molecule has 0 aliphatic rings. The number of anilines is 2. The molecular formula is C22H19N3. The van der Waals surface area contributed by atoms with E-state index in [4.69, 9.17) is 0 Å². The fourth-order valence-electron chi connectivity index (χ4n) is 2.90. The Hall–Kier alpha value is -3.33. The van der Waals surface area contributed by atoms with Gasteiger partial charge in [-0.1, -0.05) is 54.6 Å². The summed E-state index contributed by atoms with van der Waals surface area (Å²) in [6.45, 7) is 0. The van der Waals surface area contributed by atoms with Crippen molar-refractivity contribution in [1.82, 2.24) is 10.2 Å². The second kappa shape index (κ2) is 6.65. The third kappa shape index (κ3) is 3.17. The van der Waals surface area contributed by atoms with E-state index < -0.39 is 0 Å². The Balaban J connectivity index is 1.64. The van der Waals surface area contributed by atoms with E-state index in [9.17, 15) is 0 Å². The summed E-state index contributed by atoms with van der Waals surface area (Å²) in [6.07, 6.45) is 4.13. The van der Waals surface area contributed by atoms with Gasteiger partial charge in [0.05, 0.1) is 11.2 Å². The lowest BCUT2D eigenvalue weighted by atomic mass is 10.1. The highest BCUT2D eigenvalue weighted by atomic mass is 15.1. The van der Waals surface area contributed by atoms with Gasteiger partial charge < -0.3 is 4.90 Å². The predicted molar refractivity (Wildman–Crippen MR) is 106 cm³/mol. The number of fused-ring (bicyclic) bond motifs is 1. The van der Waals surface area contributed by atoms with Crippen LogP contribution in [0.1, 0.15) is 11.3 Å². The first-order valence-electron chi connectivity index (χ1n) is 8.31.